The minimum atomic E-state index is -0.615. The van der Waals surface area contributed by atoms with Crippen molar-refractivity contribution in [2.75, 3.05) is 32.8 Å². The van der Waals surface area contributed by atoms with Crippen LogP contribution in [0, 0.1) is 17.8 Å². The van der Waals surface area contributed by atoms with Gasteiger partial charge in [-0.3, -0.25) is 9.69 Å². The van der Waals surface area contributed by atoms with Crippen molar-refractivity contribution in [1.29, 1.82) is 0 Å². The number of rotatable bonds is 6. The van der Waals surface area contributed by atoms with Gasteiger partial charge in [0, 0.05) is 26.2 Å². The molecular formula is C12H21NO3. The van der Waals surface area contributed by atoms with E-state index in [1.807, 2.05) is 6.92 Å². The average Bonchev–Trinajstić information content (AvgIpc) is 3.00. The molecule has 1 aliphatic carbocycles. The molecule has 1 saturated heterocycles. The SMILES string of the molecule is CCOCCN1C[C@@H](C(=O)O)[C@H](C2CC2)C1. The normalized spacial score (nSPS) is 30.8. The second-order valence-electron chi connectivity index (χ2n) is 4.90. The molecule has 0 spiro atoms. The minimum absolute atomic E-state index is 0.144. The van der Waals surface area contributed by atoms with E-state index in [1.165, 1.54) is 12.8 Å². The molecule has 2 aliphatic rings. The van der Waals surface area contributed by atoms with Gasteiger partial charge >= 0.3 is 5.97 Å². The summed E-state index contributed by atoms with van der Waals surface area (Å²) in [4.78, 5) is 13.4. The van der Waals surface area contributed by atoms with Crippen LogP contribution in [0.4, 0.5) is 0 Å². The lowest BCUT2D eigenvalue weighted by atomic mass is 9.92. The van der Waals surface area contributed by atoms with Crippen LogP contribution in [-0.2, 0) is 9.53 Å². The minimum Gasteiger partial charge on any atom is -0.481 e. The summed E-state index contributed by atoms with van der Waals surface area (Å²) < 4.78 is 5.31. The summed E-state index contributed by atoms with van der Waals surface area (Å²) in [5.74, 6) is 0.308. The second kappa shape index (κ2) is 5.15. The van der Waals surface area contributed by atoms with Crippen molar-refractivity contribution in [3.63, 3.8) is 0 Å². The van der Waals surface area contributed by atoms with Crippen molar-refractivity contribution in [3.8, 4) is 0 Å². The smallest absolute Gasteiger partial charge is 0.308 e. The molecule has 0 aromatic carbocycles. The van der Waals surface area contributed by atoms with Gasteiger partial charge in [-0.05, 0) is 31.6 Å². The third-order valence-corrected chi connectivity index (χ3v) is 3.74. The van der Waals surface area contributed by atoms with Crippen molar-refractivity contribution in [1.82, 2.24) is 4.90 Å². The Kier molecular flexibility index (Phi) is 3.82. The summed E-state index contributed by atoms with van der Waals surface area (Å²) in [6.07, 6.45) is 2.46. The predicted molar refractivity (Wildman–Crippen MR) is 60.3 cm³/mol. The molecule has 0 aromatic rings. The standard InChI is InChI=1S/C12H21NO3/c1-2-16-6-5-13-7-10(9-3-4-9)11(8-13)12(14)15/h9-11H,2-8H2,1H3,(H,14,15)/t10-,11+/m0/s1. The van der Waals surface area contributed by atoms with Crippen LogP contribution >= 0.6 is 0 Å². The Morgan fingerprint density at radius 2 is 2.19 bits per heavy atom. The second-order valence-corrected chi connectivity index (χ2v) is 4.90. The number of carbonyl (C=O) groups is 1. The first kappa shape index (κ1) is 11.9. The molecule has 1 saturated carbocycles. The lowest BCUT2D eigenvalue weighted by Gasteiger charge is -2.15. The highest BCUT2D eigenvalue weighted by atomic mass is 16.5. The molecule has 1 heterocycles. The van der Waals surface area contributed by atoms with E-state index in [9.17, 15) is 9.90 Å². The molecule has 0 unspecified atom stereocenters. The third kappa shape index (κ3) is 2.74. The summed E-state index contributed by atoms with van der Waals surface area (Å²) in [5, 5.41) is 9.19. The maximum atomic E-state index is 11.2. The van der Waals surface area contributed by atoms with E-state index < -0.39 is 5.97 Å². The quantitative estimate of drug-likeness (QED) is 0.689. The molecule has 1 aliphatic heterocycles. The zero-order valence-electron chi connectivity index (χ0n) is 9.89. The summed E-state index contributed by atoms with van der Waals surface area (Å²) >= 11 is 0. The average molecular weight is 227 g/mol. The summed E-state index contributed by atoms with van der Waals surface area (Å²) in [6, 6.07) is 0. The van der Waals surface area contributed by atoms with Crippen LogP contribution in [0.25, 0.3) is 0 Å². The van der Waals surface area contributed by atoms with Crippen LogP contribution in [0.1, 0.15) is 19.8 Å². The largest absolute Gasteiger partial charge is 0.481 e. The summed E-state index contributed by atoms with van der Waals surface area (Å²) in [6.45, 7) is 5.98. The Balaban J connectivity index is 1.82. The molecule has 0 radical (unpaired) electrons. The van der Waals surface area contributed by atoms with Gasteiger partial charge < -0.3 is 9.84 Å². The lowest BCUT2D eigenvalue weighted by Crippen LogP contribution is -2.26. The van der Waals surface area contributed by atoms with Gasteiger partial charge in [0.25, 0.3) is 0 Å². The van der Waals surface area contributed by atoms with Gasteiger partial charge in [0.2, 0.25) is 0 Å². The molecule has 1 N–H and O–H groups in total. The van der Waals surface area contributed by atoms with E-state index in [0.717, 1.165) is 26.3 Å². The van der Waals surface area contributed by atoms with Gasteiger partial charge in [0.1, 0.15) is 0 Å². The molecular weight excluding hydrogens is 206 g/mol. The maximum absolute atomic E-state index is 11.2. The number of aliphatic carboxylic acids is 1. The Bertz CT molecular complexity index is 253. The molecule has 16 heavy (non-hydrogen) atoms. The number of hydrogen-bond acceptors (Lipinski definition) is 3. The topological polar surface area (TPSA) is 49.8 Å². The van der Waals surface area contributed by atoms with Gasteiger partial charge in [0.05, 0.1) is 12.5 Å². The fourth-order valence-electron chi connectivity index (χ4n) is 2.70. The number of likely N-dealkylation sites (tertiary alicyclic amines) is 1. The Morgan fingerprint density at radius 1 is 1.44 bits per heavy atom. The third-order valence-electron chi connectivity index (χ3n) is 3.74. The van der Waals surface area contributed by atoms with Crippen LogP contribution in [-0.4, -0.2) is 48.8 Å². The summed E-state index contributed by atoms with van der Waals surface area (Å²) in [5.41, 5.74) is 0. The molecule has 2 atom stereocenters. The Hall–Kier alpha value is -0.610. The molecule has 0 amide bonds. The van der Waals surface area contributed by atoms with Crippen molar-refractivity contribution >= 4 is 5.97 Å². The molecule has 4 nitrogen and oxygen atoms in total. The van der Waals surface area contributed by atoms with Crippen LogP contribution < -0.4 is 0 Å². The first-order chi connectivity index (χ1) is 7.72. The van der Waals surface area contributed by atoms with Crippen LogP contribution in [0.15, 0.2) is 0 Å². The Morgan fingerprint density at radius 3 is 2.75 bits per heavy atom. The molecule has 2 fully saturated rings. The monoisotopic (exact) mass is 227 g/mol. The van der Waals surface area contributed by atoms with Crippen molar-refractivity contribution in [2.24, 2.45) is 17.8 Å². The Labute approximate surface area is 96.6 Å². The zero-order valence-corrected chi connectivity index (χ0v) is 9.89. The number of carboxylic acid groups (broad SMARTS) is 1. The van der Waals surface area contributed by atoms with Gasteiger partial charge in [-0.1, -0.05) is 0 Å². The van der Waals surface area contributed by atoms with Crippen molar-refractivity contribution in [2.45, 2.75) is 19.8 Å². The highest BCUT2D eigenvalue weighted by Gasteiger charge is 2.45. The van der Waals surface area contributed by atoms with Gasteiger partial charge in [-0.15, -0.1) is 0 Å². The van der Waals surface area contributed by atoms with Crippen molar-refractivity contribution in [3.05, 3.63) is 0 Å². The van der Waals surface area contributed by atoms with Gasteiger partial charge in [0.15, 0.2) is 0 Å². The number of nitrogens with zero attached hydrogens (tertiary/aromatic N) is 1. The number of hydrogen-bond donors (Lipinski definition) is 1. The molecule has 92 valence electrons. The molecule has 2 rings (SSSR count). The van der Waals surface area contributed by atoms with Crippen LogP contribution in [0.2, 0.25) is 0 Å². The fraction of sp³-hybridized carbons (Fsp3) is 0.917. The van der Waals surface area contributed by atoms with E-state index in [4.69, 9.17) is 4.74 Å². The van der Waals surface area contributed by atoms with Crippen LogP contribution in [0.5, 0.6) is 0 Å². The molecule has 0 aromatic heterocycles. The van der Waals surface area contributed by atoms with E-state index in [1.54, 1.807) is 0 Å². The van der Waals surface area contributed by atoms with Crippen molar-refractivity contribution < 1.29 is 14.6 Å². The van der Waals surface area contributed by atoms with Gasteiger partial charge in [-0.2, -0.15) is 0 Å². The zero-order chi connectivity index (χ0) is 11.5. The first-order valence-corrected chi connectivity index (χ1v) is 6.25. The predicted octanol–water partition coefficient (Wildman–Crippen LogP) is 1.07. The van der Waals surface area contributed by atoms with E-state index in [-0.39, 0.29) is 5.92 Å². The fourth-order valence-corrected chi connectivity index (χ4v) is 2.70. The van der Waals surface area contributed by atoms with Gasteiger partial charge in [-0.25, -0.2) is 0 Å². The highest BCUT2D eigenvalue weighted by molar-refractivity contribution is 5.71. The molecule has 4 heteroatoms. The lowest BCUT2D eigenvalue weighted by molar-refractivity contribution is -0.142. The van der Waals surface area contributed by atoms with Crippen LogP contribution in [0.3, 0.4) is 0 Å². The van der Waals surface area contributed by atoms with E-state index in [2.05, 4.69) is 4.90 Å². The van der Waals surface area contributed by atoms with E-state index >= 15 is 0 Å². The van der Waals surface area contributed by atoms with E-state index in [0.29, 0.717) is 18.4 Å². The maximum Gasteiger partial charge on any atom is 0.308 e. The first-order valence-electron chi connectivity index (χ1n) is 6.25. The summed E-state index contributed by atoms with van der Waals surface area (Å²) in [7, 11) is 0. The number of ether oxygens (including phenoxy) is 1. The highest BCUT2D eigenvalue weighted by Crippen LogP contribution is 2.43. The number of carboxylic acids is 1. The molecule has 0 bridgehead atoms.